The first-order valence-electron chi connectivity index (χ1n) is 10.7. The van der Waals surface area contributed by atoms with E-state index in [1.165, 1.54) is 23.5 Å². The normalized spacial score (nSPS) is 15.9. The van der Waals surface area contributed by atoms with Gasteiger partial charge in [0.05, 0.1) is 11.4 Å². The van der Waals surface area contributed by atoms with Gasteiger partial charge in [-0.05, 0) is 80.9 Å². The van der Waals surface area contributed by atoms with Gasteiger partial charge in [0, 0.05) is 26.2 Å². The van der Waals surface area contributed by atoms with Gasteiger partial charge in [0.2, 0.25) is 5.91 Å². The summed E-state index contributed by atoms with van der Waals surface area (Å²) < 4.78 is 13.4. The molecule has 1 aromatic heterocycles. The summed E-state index contributed by atoms with van der Waals surface area (Å²) in [6, 6.07) is 8.53. The van der Waals surface area contributed by atoms with Gasteiger partial charge in [0.1, 0.15) is 5.82 Å². The van der Waals surface area contributed by atoms with Crippen molar-refractivity contribution in [1.29, 1.82) is 0 Å². The molecule has 31 heavy (non-hydrogen) atoms. The zero-order valence-electron chi connectivity index (χ0n) is 18.8. The number of hydrogen-bond donors (Lipinski definition) is 0. The number of likely N-dealkylation sites (tertiary alicyclic amines) is 1. The van der Waals surface area contributed by atoms with Gasteiger partial charge in [-0.2, -0.15) is 0 Å². The summed E-state index contributed by atoms with van der Waals surface area (Å²) in [5.41, 5.74) is 2.05. The Labute approximate surface area is 188 Å². The highest BCUT2D eigenvalue weighted by Crippen LogP contribution is 2.28. The van der Waals surface area contributed by atoms with Gasteiger partial charge in [-0.15, -0.1) is 11.3 Å². The standard InChI is InChI=1S/C24H32FN3O2S/c1-17-11-14-31-23(17)24(30)28-12-9-19(10-13-28)21(27(4)22(29)16-26(2)3)15-18-5-7-20(25)8-6-18/h5-8,11,14,19,21H,9-10,12-13,15-16H2,1-4H3. The highest BCUT2D eigenvalue weighted by molar-refractivity contribution is 7.12. The highest BCUT2D eigenvalue weighted by Gasteiger charge is 2.33. The second kappa shape index (κ2) is 10.4. The molecule has 1 atom stereocenters. The Bertz CT molecular complexity index is 888. The molecule has 1 aliphatic heterocycles. The Balaban J connectivity index is 1.71. The molecular weight excluding hydrogens is 413 g/mol. The van der Waals surface area contributed by atoms with Crippen LogP contribution in [0.3, 0.4) is 0 Å². The zero-order valence-corrected chi connectivity index (χ0v) is 19.6. The van der Waals surface area contributed by atoms with E-state index in [9.17, 15) is 14.0 Å². The molecule has 1 fully saturated rings. The fourth-order valence-corrected chi connectivity index (χ4v) is 5.16. The Morgan fingerprint density at radius 3 is 2.32 bits per heavy atom. The number of carbonyl (C=O) groups is 2. The Hall–Kier alpha value is -2.25. The fraction of sp³-hybridized carbons (Fsp3) is 0.500. The van der Waals surface area contributed by atoms with Crippen LogP contribution in [0.5, 0.6) is 0 Å². The maximum Gasteiger partial charge on any atom is 0.264 e. The van der Waals surface area contributed by atoms with Crippen molar-refractivity contribution in [1.82, 2.24) is 14.7 Å². The molecule has 1 aromatic carbocycles. The summed E-state index contributed by atoms with van der Waals surface area (Å²) in [5.74, 6) is 0.213. The highest BCUT2D eigenvalue weighted by atomic mass is 32.1. The Morgan fingerprint density at radius 1 is 1.13 bits per heavy atom. The quantitative estimate of drug-likeness (QED) is 0.653. The van der Waals surface area contributed by atoms with Gasteiger partial charge in [0.25, 0.3) is 5.91 Å². The first-order valence-corrected chi connectivity index (χ1v) is 11.6. The molecule has 168 valence electrons. The SMILES string of the molecule is Cc1ccsc1C(=O)N1CCC(C(Cc2ccc(F)cc2)N(C)C(=O)CN(C)C)CC1. The average molecular weight is 446 g/mol. The molecule has 1 unspecified atom stereocenters. The molecule has 1 saturated heterocycles. The van der Waals surface area contributed by atoms with Gasteiger partial charge >= 0.3 is 0 Å². The third kappa shape index (κ3) is 5.92. The van der Waals surface area contributed by atoms with E-state index in [4.69, 9.17) is 0 Å². The molecule has 0 bridgehead atoms. The number of nitrogens with zero attached hydrogens (tertiary/aromatic N) is 3. The lowest BCUT2D eigenvalue weighted by atomic mass is 9.84. The van der Waals surface area contributed by atoms with E-state index in [2.05, 4.69) is 0 Å². The van der Waals surface area contributed by atoms with Crippen molar-refractivity contribution < 1.29 is 14.0 Å². The predicted molar refractivity (Wildman–Crippen MR) is 123 cm³/mol. The van der Waals surface area contributed by atoms with Gasteiger partial charge in [0.15, 0.2) is 0 Å². The molecule has 2 amide bonds. The van der Waals surface area contributed by atoms with Crippen LogP contribution >= 0.6 is 11.3 Å². The Kier molecular flexibility index (Phi) is 7.84. The van der Waals surface area contributed by atoms with Crippen molar-refractivity contribution in [2.24, 2.45) is 5.92 Å². The molecule has 2 aromatic rings. The predicted octanol–water partition coefficient (Wildman–Crippen LogP) is 3.68. The van der Waals surface area contributed by atoms with Crippen molar-refractivity contribution in [2.45, 2.75) is 32.2 Å². The third-order valence-electron chi connectivity index (χ3n) is 6.13. The second-order valence-electron chi connectivity index (χ2n) is 8.70. The minimum absolute atomic E-state index is 0.0126. The van der Waals surface area contributed by atoms with E-state index in [0.29, 0.717) is 26.1 Å². The molecule has 1 aliphatic rings. The summed E-state index contributed by atoms with van der Waals surface area (Å²) in [4.78, 5) is 32.2. The van der Waals surface area contributed by atoms with Crippen LogP contribution in [0.25, 0.3) is 0 Å². The lowest BCUT2D eigenvalue weighted by molar-refractivity contribution is -0.134. The fourth-order valence-electron chi connectivity index (χ4n) is 4.27. The summed E-state index contributed by atoms with van der Waals surface area (Å²) >= 11 is 1.50. The van der Waals surface area contributed by atoms with Crippen LogP contribution in [-0.4, -0.2) is 73.3 Å². The van der Waals surface area contributed by atoms with Crippen LogP contribution in [0.4, 0.5) is 4.39 Å². The van der Waals surface area contributed by atoms with Gasteiger partial charge in [-0.3, -0.25) is 9.59 Å². The summed E-state index contributed by atoms with van der Waals surface area (Å²) in [7, 11) is 5.64. The van der Waals surface area contributed by atoms with Crippen molar-refractivity contribution >= 4 is 23.2 Å². The minimum Gasteiger partial charge on any atom is -0.341 e. The van der Waals surface area contributed by atoms with Crippen LogP contribution in [-0.2, 0) is 11.2 Å². The van der Waals surface area contributed by atoms with E-state index in [1.54, 1.807) is 12.1 Å². The zero-order chi connectivity index (χ0) is 22.5. The van der Waals surface area contributed by atoms with Crippen molar-refractivity contribution in [3.8, 4) is 0 Å². The monoisotopic (exact) mass is 445 g/mol. The molecule has 2 heterocycles. The number of benzene rings is 1. The average Bonchev–Trinajstić information content (AvgIpc) is 3.18. The van der Waals surface area contributed by atoms with Crippen LogP contribution in [0, 0.1) is 18.7 Å². The van der Waals surface area contributed by atoms with Gasteiger partial charge in [-0.25, -0.2) is 4.39 Å². The van der Waals surface area contributed by atoms with E-state index in [-0.39, 0.29) is 29.6 Å². The number of likely N-dealkylation sites (N-methyl/N-ethyl adjacent to an activating group) is 2. The van der Waals surface area contributed by atoms with E-state index in [0.717, 1.165) is 28.8 Å². The maximum atomic E-state index is 13.4. The molecule has 0 aliphatic carbocycles. The van der Waals surface area contributed by atoms with Crippen LogP contribution in [0.15, 0.2) is 35.7 Å². The number of piperidine rings is 1. The van der Waals surface area contributed by atoms with Gasteiger partial charge in [-0.1, -0.05) is 12.1 Å². The summed E-state index contributed by atoms with van der Waals surface area (Å²) in [5, 5.41) is 1.96. The first-order chi connectivity index (χ1) is 14.8. The summed E-state index contributed by atoms with van der Waals surface area (Å²) in [6.07, 6.45) is 2.38. The number of thiophene rings is 1. The molecule has 7 heteroatoms. The topological polar surface area (TPSA) is 43.9 Å². The third-order valence-corrected chi connectivity index (χ3v) is 7.13. The molecule has 0 saturated carbocycles. The molecule has 0 spiro atoms. The van der Waals surface area contributed by atoms with E-state index < -0.39 is 0 Å². The van der Waals surface area contributed by atoms with Crippen molar-refractivity contribution in [3.63, 3.8) is 0 Å². The molecule has 0 N–H and O–H groups in total. The number of rotatable bonds is 7. The maximum absolute atomic E-state index is 13.4. The number of hydrogen-bond acceptors (Lipinski definition) is 4. The van der Waals surface area contributed by atoms with E-state index >= 15 is 0 Å². The second-order valence-corrected chi connectivity index (χ2v) is 9.62. The first kappa shape index (κ1) is 23.4. The molecule has 3 rings (SSSR count). The number of amides is 2. The minimum atomic E-state index is -0.256. The van der Waals surface area contributed by atoms with Gasteiger partial charge < -0.3 is 14.7 Å². The summed E-state index contributed by atoms with van der Waals surface area (Å²) in [6.45, 7) is 3.71. The number of halogens is 1. The molecular formula is C24H32FN3O2S. The van der Waals surface area contributed by atoms with E-state index in [1.807, 2.05) is 54.2 Å². The smallest absolute Gasteiger partial charge is 0.264 e. The Morgan fingerprint density at radius 2 is 1.77 bits per heavy atom. The number of carbonyl (C=O) groups excluding carboxylic acids is 2. The largest absolute Gasteiger partial charge is 0.341 e. The van der Waals surface area contributed by atoms with Crippen molar-refractivity contribution in [2.75, 3.05) is 40.8 Å². The lowest BCUT2D eigenvalue weighted by Gasteiger charge is -2.40. The van der Waals surface area contributed by atoms with Crippen LogP contribution in [0.2, 0.25) is 0 Å². The van der Waals surface area contributed by atoms with Crippen LogP contribution in [0.1, 0.15) is 33.6 Å². The lowest BCUT2D eigenvalue weighted by Crippen LogP contribution is -2.50. The molecule has 0 radical (unpaired) electrons. The van der Waals surface area contributed by atoms with Crippen molar-refractivity contribution in [3.05, 3.63) is 57.5 Å². The molecule has 5 nitrogen and oxygen atoms in total. The van der Waals surface area contributed by atoms with Crippen LogP contribution < -0.4 is 0 Å². The number of aryl methyl sites for hydroxylation is 1.